The fourth-order valence-electron chi connectivity index (χ4n) is 2.41. The quantitative estimate of drug-likeness (QED) is 0.910. The zero-order valence-corrected chi connectivity index (χ0v) is 12.1. The van der Waals surface area contributed by atoms with Crippen molar-refractivity contribution in [1.29, 1.82) is 0 Å². The third kappa shape index (κ3) is 3.92. The molecule has 1 aromatic carbocycles. The molecule has 2 atom stereocenters. The third-order valence-electron chi connectivity index (χ3n) is 3.32. The summed E-state index contributed by atoms with van der Waals surface area (Å²) in [6, 6.07) is 9.08. The van der Waals surface area contributed by atoms with E-state index in [2.05, 4.69) is 43.4 Å². The monoisotopic (exact) mass is 265 g/mol. The zero-order valence-electron chi connectivity index (χ0n) is 11.3. The van der Waals surface area contributed by atoms with Gasteiger partial charge >= 0.3 is 0 Å². The number of benzene rings is 1. The smallest absolute Gasteiger partial charge is 0.0436 e. The summed E-state index contributed by atoms with van der Waals surface area (Å²) in [5.74, 6) is 2.29. The SMILES string of the molecule is CC(C)Cc1ccc(C2CS(=O)CCCN2)cc1. The molecule has 0 amide bonds. The Labute approximate surface area is 113 Å². The Hall–Kier alpha value is -0.670. The van der Waals surface area contributed by atoms with E-state index in [0.717, 1.165) is 30.9 Å². The van der Waals surface area contributed by atoms with E-state index >= 15 is 0 Å². The van der Waals surface area contributed by atoms with Gasteiger partial charge in [-0.2, -0.15) is 0 Å². The predicted molar refractivity (Wildman–Crippen MR) is 78.2 cm³/mol. The lowest BCUT2D eigenvalue weighted by Crippen LogP contribution is -2.23. The van der Waals surface area contributed by atoms with Crippen molar-refractivity contribution in [1.82, 2.24) is 5.32 Å². The summed E-state index contributed by atoms with van der Waals surface area (Å²) in [5, 5.41) is 3.50. The van der Waals surface area contributed by atoms with E-state index in [1.54, 1.807) is 0 Å². The molecule has 0 bridgehead atoms. The van der Waals surface area contributed by atoms with Crippen LogP contribution >= 0.6 is 0 Å². The minimum atomic E-state index is -0.665. The molecule has 1 N–H and O–H groups in total. The molecule has 2 unspecified atom stereocenters. The van der Waals surface area contributed by atoms with Gasteiger partial charge in [-0.15, -0.1) is 0 Å². The van der Waals surface area contributed by atoms with Crippen LogP contribution in [-0.4, -0.2) is 22.3 Å². The van der Waals surface area contributed by atoms with E-state index in [1.165, 1.54) is 11.1 Å². The fourth-order valence-corrected chi connectivity index (χ4v) is 3.72. The summed E-state index contributed by atoms with van der Waals surface area (Å²) in [7, 11) is -0.665. The van der Waals surface area contributed by atoms with Gasteiger partial charge in [-0.05, 0) is 36.4 Å². The minimum absolute atomic E-state index is 0.265. The van der Waals surface area contributed by atoms with Crippen LogP contribution in [0.2, 0.25) is 0 Å². The maximum Gasteiger partial charge on any atom is 0.0436 e. The Balaban J connectivity index is 2.05. The van der Waals surface area contributed by atoms with E-state index < -0.39 is 10.8 Å². The van der Waals surface area contributed by atoms with E-state index in [1.807, 2.05) is 0 Å². The van der Waals surface area contributed by atoms with Gasteiger partial charge < -0.3 is 5.32 Å². The van der Waals surface area contributed by atoms with Crippen LogP contribution in [0.1, 0.15) is 37.4 Å². The Morgan fingerprint density at radius 2 is 2.06 bits per heavy atom. The molecule has 100 valence electrons. The first-order valence-electron chi connectivity index (χ1n) is 6.82. The highest BCUT2D eigenvalue weighted by atomic mass is 32.2. The highest BCUT2D eigenvalue weighted by molar-refractivity contribution is 7.85. The van der Waals surface area contributed by atoms with Gasteiger partial charge in [-0.1, -0.05) is 38.1 Å². The minimum Gasteiger partial charge on any atom is -0.309 e. The average Bonchev–Trinajstić information content (AvgIpc) is 2.54. The maximum absolute atomic E-state index is 11.8. The second-order valence-electron chi connectivity index (χ2n) is 5.51. The Bertz CT molecular complexity index is 399. The van der Waals surface area contributed by atoms with E-state index in [9.17, 15) is 4.21 Å². The molecule has 1 aromatic rings. The lowest BCUT2D eigenvalue weighted by molar-refractivity contribution is 0.586. The van der Waals surface area contributed by atoms with Gasteiger partial charge in [0.05, 0.1) is 0 Å². The second-order valence-corrected chi connectivity index (χ2v) is 7.13. The van der Waals surface area contributed by atoms with Crippen molar-refractivity contribution in [2.75, 3.05) is 18.1 Å². The Morgan fingerprint density at radius 1 is 1.33 bits per heavy atom. The molecule has 3 heteroatoms. The first-order valence-corrected chi connectivity index (χ1v) is 8.31. The highest BCUT2D eigenvalue weighted by Gasteiger charge is 2.17. The molecule has 18 heavy (non-hydrogen) atoms. The lowest BCUT2D eigenvalue weighted by Gasteiger charge is -2.16. The van der Waals surface area contributed by atoms with Gasteiger partial charge in [0, 0.05) is 28.3 Å². The molecular formula is C15H23NOS. The lowest BCUT2D eigenvalue weighted by atomic mass is 10.00. The van der Waals surface area contributed by atoms with Gasteiger partial charge in [0.15, 0.2) is 0 Å². The summed E-state index contributed by atoms with van der Waals surface area (Å²) in [4.78, 5) is 0. The Kier molecular flexibility index (Phi) is 4.95. The van der Waals surface area contributed by atoms with Gasteiger partial charge in [0.1, 0.15) is 0 Å². The first-order chi connectivity index (χ1) is 8.65. The molecule has 2 rings (SSSR count). The van der Waals surface area contributed by atoms with Gasteiger partial charge in [-0.25, -0.2) is 0 Å². The maximum atomic E-state index is 11.8. The summed E-state index contributed by atoms with van der Waals surface area (Å²) < 4.78 is 11.8. The molecule has 1 aliphatic rings. The number of hydrogen-bond acceptors (Lipinski definition) is 2. The molecule has 0 saturated carbocycles. The van der Waals surface area contributed by atoms with Crippen molar-refractivity contribution in [3.8, 4) is 0 Å². The molecule has 1 aliphatic heterocycles. The highest BCUT2D eigenvalue weighted by Crippen LogP contribution is 2.18. The van der Waals surface area contributed by atoms with Crippen molar-refractivity contribution in [3.63, 3.8) is 0 Å². The largest absolute Gasteiger partial charge is 0.309 e. The average molecular weight is 265 g/mol. The van der Waals surface area contributed by atoms with E-state index in [4.69, 9.17) is 0 Å². The standard InChI is InChI=1S/C15H23NOS/c1-12(2)10-13-4-6-14(7-5-13)15-11-18(17)9-3-8-16-15/h4-7,12,15-16H,3,8-11H2,1-2H3. The fraction of sp³-hybridized carbons (Fsp3) is 0.600. The summed E-state index contributed by atoms with van der Waals surface area (Å²) in [5.41, 5.74) is 2.67. The predicted octanol–water partition coefficient (Wildman–Crippen LogP) is 2.67. The van der Waals surface area contributed by atoms with Crippen molar-refractivity contribution in [2.24, 2.45) is 5.92 Å². The van der Waals surface area contributed by atoms with Crippen molar-refractivity contribution < 1.29 is 4.21 Å². The molecule has 1 heterocycles. The van der Waals surface area contributed by atoms with Crippen LogP contribution < -0.4 is 5.32 Å². The molecule has 0 spiro atoms. The third-order valence-corrected chi connectivity index (χ3v) is 4.77. The number of rotatable bonds is 3. The molecule has 1 saturated heterocycles. The summed E-state index contributed by atoms with van der Waals surface area (Å²) in [6.45, 7) is 5.46. The molecule has 1 fully saturated rings. The van der Waals surface area contributed by atoms with Gasteiger partial charge in [-0.3, -0.25) is 4.21 Å². The molecular weight excluding hydrogens is 242 g/mol. The molecule has 0 radical (unpaired) electrons. The van der Waals surface area contributed by atoms with Gasteiger partial charge in [0.2, 0.25) is 0 Å². The van der Waals surface area contributed by atoms with Crippen molar-refractivity contribution in [2.45, 2.75) is 32.7 Å². The van der Waals surface area contributed by atoms with Crippen LogP contribution in [0, 0.1) is 5.92 Å². The summed E-state index contributed by atoms with van der Waals surface area (Å²) >= 11 is 0. The topological polar surface area (TPSA) is 29.1 Å². The van der Waals surface area contributed by atoms with Crippen LogP contribution in [0.3, 0.4) is 0 Å². The summed E-state index contributed by atoms with van der Waals surface area (Å²) in [6.07, 6.45) is 2.15. The van der Waals surface area contributed by atoms with Crippen LogP contribution in [0.4, 0.5) is 0 Å². The Morgan fingerprint density at radius 3 is 2.72 bits per heavy atom. The van der Waals surface area contributed by atoms with E-state index in [-0.39, 0.29) is 6.04 Å². The number of nitrogens with one attached hydrogen (secondary N) is 1. The van der Waals surface area contributed by atoms with Crippen LogP contribution in [-0.2, 0) is 17.2 Å². The first kappa shape index (κ1) is 13.8. The van der Waals surface area contributed by atoms with Crippen molar-refractivity contribution in [3.05, 3.63) is 35.4 Å². The van der Waals surface area contributed by atoms with Crippen LogP contribution in [0.25, 0.3) is 0 Å². The second kappa shape index (κ2) is 6.48. The van der Waals surface area contributed by atoms with Crippen LogP contribution in [0.15, 0.2) is 24.3 Å². The molecule has 2 nitrogen and oxygen atoms in total. The van der Waals surface area contributed by atoms with E-state index in [0.29, 0.717) is 5.92 Å². The van der Waals surface area contributed by atoms with Gasteiger partial charge in [0.25, 0.3) is 0 Å². The van der Waals surface area contributed by atoms with Crippen LogP contribution in [0.5, 0.6) is 0 Å². The van der Waals surface area contributed by atoms with Crippen molar-refractivity contribution >= 4 is 10.8 Å². The number of hydrogen-bond donors (Lipinski definition) is 1. The molecule has 0 aliphatic carbocycles. The molecule has 0 aromatic heterocycles. The normalized spacial score (nSPS) is 25.1. The zero-order chi connectivity index (χ0) is 13.0.